The summed E-state index contributed by atoms with van der Waals surface area (Å²) in [5, 5.41) is 12.4. The monoisotopic (exact) mass is 249 g/mol. The SMILES string of the molecule is CC(Oc1ccccc1C(=O)O)C1CCCNC1. The predicted molar refractivity (Wildman–Crippen MR) is 69.1 cm³/mol. The number of carboxylic acid groups (broad SMARTS) is 1. The number of hydrogen-bond donors (Lipinski definition) is 2. The van der Waals surface area contributed by atoms with Crippen LogP contribution in [0, 0.1) is 5.92 Å². The van der Waals surface area contributed by atoms with E-state index in [4.69, 9.17) is 9.84 Å². The van der Waals surface area contributed by atoms with Crippen molar-refractivity contribution in [1.82, 2.24) is 5.32 Å². The number of carboxylic acids is 1. The van der Waals surface area contributed by atoms with E-state index in [1.165, 1.54) is 0 Å². The van der Waals surface area contributed by atoms with Crippen LogP contribution in [0.4, 0.5) is 0 Å². The van der Waals surface area contributed by atoms with Crippen molar-refractivity contribution in [3.05, 3.63) is 29.8 Å². The second kappa shape index (κ2) is 5.87. The van der Waals surface area contributed by atoms with Crippen LogP contribution in [0.1, 0.15) is 30.1 Å². The van der Waals surface area contributed by atoms with E-state index in [2.05, 4.69) is 5.32 Å². The standard InChI is InChI=1S/C14H19NO3/c1-10(11-5-4-8-15-9-11)18-13-7-3-2-6-12(13)14(16)17/h2-3,6-7,10-11,15H,4-5,8-9H2,1H3,(H,16,17). The van der Waals surface area contributed by atoms with E-state index in [1.807, 2.05) is 6.92 Å². The molecular formula is C14H19NO3. The van der Waals surface area contributed by atoms with Gasteiger partial charge in [0.05, 0.1) is 6.10 Å². The molecular weight excluding hydrogens is 230 g/mol. The highest BCUT2D eigenvalue weighted by molar-refractivity contribution is 5.90. The third-order valence-electron chi connectivity index (χ3n) is 3.43. The molecule has 98 valence electrons. The maximum absolute atomic E-state index is 11.1. The minimum Gasteiger partial charge on any atom is -0.489 e. The van der Waals surface area contributed by atoms with Crippen LogP contribution in [-0.4, -0.2) is 30.3 Å². The Bertz CT molecular complexity index is 413. The molecule has 1 aliphatic rings. The summed E-state index contributed by atoms with van der Waals surface area (Å²) in [5.41, 5.74) is 0.230. The Labute approximate surface area is 107 Å². The van der Waals surface area contributed by atoms with E-state index in [9.17, 15) is 4.79 Å². The second-order valence-electron chi connectivity index (χ2n) is 4.73. The number of nitrogens with one attached hydrogen (secondary N) is 1. The zero-order chi connectivity index (χ0) is 13.0. The Balaban J connectivity index is 2.06. The molecule has 0 bridgehead atoms. The molecule has 2 N–H and O–H groups in total. The van der Waals surface area contributed by atoms with Crippen molar-refractivity contribution in [3.63, 3.8) is 0 Å². The third kappa shape index (κ3) is 3.01. The van der Waals surface area contributed by atoms with Crippen LogP contribution >= 0.6 is 0 Å². The van der Waals surface area contributed by atoms with Crippen LogP contribution < -0.4 is 10.1 Å². The second-order valence-corrected chi connectivity index (χ2v) is 4.73. The van der Waals surface area contributed by atoms with E-state index in [0.29, 0.717) is 11.7 Å². The predicted octanol–water partition coefficient (Wildman–Crippen LogP) is 2.15. The van der Waals surface area contributed by atoms with Gasteiger partial charge in [-0.2, -0.15) is 0 Å². The Morgan fingerprint density at radius 2 is 2.28 bits per heavy atom. The van der Waals surface area contributed by atoms with Crippen molar-refractivity contribution in [1.29, 1.82) is 0 Å². The fraction of sp³-hybridized carbons (Fsp3) is 0.500. The first-order chi connectivity index (χ1) is 8.68. The van der Waals surface area contributed by atoms with Crippen molar-refractivity contribution in [3.8, 4) is 5.75 Å². The highest BCUT2D eigenvalue weighted by atomic mass is 16.5. The lowest BCUT2D eigenvalue weighted by molar-refractivity contribution is 0.0683. The van der Waals surface area contributed by atoms with Gasteiger partial charge in [0, 0.05) is 12.5 Å². The maximum Gasteiger partial charge on any atom is 0.339 e. The number of carbonyl (C=O) groups is 1. The van der Waals surface area contributed by atoms with Gasteiger partial charge in [-0.05, 0) is 38.4 Å². The van der Waals surface area contributed by atoms with Crippen molar-refractivity contribution >= 4 is 5.97 Å². The van der Waals surface area contributed by atoms with Gasteiger partial charge in [0.25, 0.3) is 0 Å². The van der Waals surface area contributed by atoms with Crippen LogP contribution in [0.3, 0.4) is 0 Å². The molecule has 1 aliphatic heterocycles. The van der Waals surface area contributed by atoms with Crippen LogP contribution in [-0.2, 0) is 0 Å². The van der Waals surface area contributed by atoms with Gasteiger partial charge in [-0.1, -0.05) is 12.1 Å². The molecule has 2 rings (SSSR count). The molecule has 18 heavy (non-hydrogen) atoms. The van der Waals surface area contributed by atoms with E-state index >= 15 is 0 Å². The van der Waals surface area contributed by atoms with Crippen LogP contribution in [0.2, 0.25) is 0 Å². The molecule has 0 amide bonds. The quantitative estimate of drug-likeness (QED) is 0.858. The summed E-state index contributed by atoms with van der Waals surface area (Å²) >= 11 is 0. The smallest absolute Gasteiger partial charge is 0.339 e. The van der Waals surface area contributed by atoms with Gasteiger partial charge in [-0.3, -0.25) is 0 Å². The van der Waals surface area contributed by atoms with E-state index in [0.717, 1.165) is 25.9 Å². The lowest BCUT2D eigenvalue weighted by Gasteiger charge is -2.29. The number of piperidine rings is 1. The molecule has 0 spiro atoms. The van der Waals surface area contributed by atoms with E-state index in [-0.39, 0.29) is 11.7 Å². The van der Waals surface area contributed by atoms with E-state index in [1.54, 1.807) is 24.3 Å². The first kappa shape index (κ1) is 12.9. The Kier molecular flexibility index (Phi) is 4.20. The van der Waals surface area contributed by atoms with Crippen molar-refractivity contribution in [2.24, 2.45) is 5.92 Å². The molecule has 1 aromatic rings. The maximum atomic E-state index is 11.1. The van der Waals surface area contributed by atoms with Crippen LogP contribution in [0.15, 0.2) is 24.3 Å². The van der Waals surface area contributed by atoms with Gasteiger partial charge >= 0.3 is 5.97 Å². The summed E-state index contributed by atoms with van der Waals surface area (Å²) in [5.74, 6) is -0.0387. The molecule has 0 aromatic heterocycles. The van der Waals surface area contributed by atoms with Gasteiger partial charge in [0.1, 0.15) is 11.3 Å². The minimum atomic E-state index is -0.945. The summed E-state index contributed by atoms with van der Waals surface area (Å²) in [4.78, 5) is 11.1. The zero-order valence-electron chi connectivity index (χ0n) is 10.6. The molecule has 4 heteroatoms. The normalized spacial score (nSPS) is 21.3. The molecule has 0 aliphatic carbocycles. The molecule has 1 saturated heterocycles. The van der Waals surface area contributed by atoms with Gasteiger partial charge in [-0.25, -0.2) is 4.79 Å². The summed E-state index contributed by atoms with van der Waals surface area (Å²) in [6.45, 7) is 4.02. The largest absolute Gasteiger partial charge is 0.489 e. The van der Waals surface area contributed by atoms with Gasteiger partial charge < -0.3 is 15.2 Å². The van der Waals surface area contributed by atoms with Gasteiger partial charge in [0.15, 0.2) is 0 Å². The summed E-state index contributed by atoms with van der Waals surface area (Å²) < 4.78 is 5.83. The lowest BCUT2D eigenvalue weighted by Crippen LogP contribution is -2.38. The number of hydrogen-bond acceptors (Lipinski definition) is 3. The number of benzene rings is 1. The summed E-state index contributed by atoms with van der Waals surface area (Å²) in [7, 11) is 0. The molecule has 2 unspecified atom stereocenters. The number of rotatable bonds is 4. The number of aromatic carboxylic acids is 1. The average Bonchev–Trinajstić information content (AvgIpc) is 2.40. The van der Waals surface area contributed by atoms with Crippen LogP contribution in [0.5, 0.6) is 5.75 Å². The summed E-state index contributed by atoms with van der Waals surface area (Å²) in [6.07, 6.45) is 2.31. The minimum absolute atomic E-state index is 0.0262. The molecule has 1 aromatic carbocycles. The average molecular weight is 249 g/mol. The molecule has 2 atom stereocenters. The molecule has 1 fully saturated rings. The molecule has 0 radical (unpaired) electrons. The van der Waals surface area contributed by atoms with Gasteiger partial charge in [-0.15, -0.1) is 0 Å². The highest BCUT2D eigenvalue weighted by Gasteiger charge is 2.22. The molecule has 1 heterocycles. The Morgan fingerprint density at radius 1 is 1.50 bits per heavy atom. The topological polar surface area (TPSA) is 58.6 Å². The Hall–Kier alpha value is -1.55. The highest BCUT2D eigenvalue weighted by Crippen LogP contribution is 2.23. The van der Waals surface area contributed by atoms with Crippen molar-refractivity contribution in [2.75, 3.05) is 13.1 Å². The summed E-state index contributed by atoms with van der Waals surface area (Å²) in [6, 6.07) is 6.80. The van der Waals surface area contributed by atoms with Crippen LogP contribution in [0.25, 0.3) is 0 Å². The zero-order valence-corrected chi connectivity index (χ0v) is 10.6. The first-order valence-electron chi connectivity index (χ1n) is 6.38. The molecule has 0 saturated carbocycles. The number of para-hydroxylation sites is 1. The van der Waals surface area contributed by atoms with Crippen molar-refractivity contribution < 1.29 is 14.6 Å². The van der Waals surface area contributed by atoms with Crippen molar-refractivity contribution in [2.45, 2.75) is 25.9 Å². The first-order valence-corrected chi connectivity index (χ1v) is 6.38. The Morgan fingerprint density at radius 3 is 2.94 bits per heavy atom. The number of ether oxygens (including phenoxy) is 1. The van der Waals surface area contributed by atoms with Gasteiger partial charge in [0.2, 0.25) is 0 Å². The lowest BCUT2D eigenvalue weighted by atomic mass is 9.94. The third-order valence-corrected chi connectivity index (χ3v) is 3.43. The fourth-order valence-corrected chi connectivity index (χ4v) is 2.32. The van der Waals surface area contributed by atoms with E-state index < -0.39 is 5.97 Å². The molecule has 4 nitrogen and oxygen atoms in total. The fourth-order valence-electron chi connectivity index (χ4n) is 2.32.